The molecule has 1 fully saturated rings. The number of likely N-dealkylation sites (N-methyl/N-ethyl adjacent to an activating group) is 1. The SMILES string of the molecule is CCCCCCCCCCCCN1C(SCc2ccc(F)cc2)=NC2C1C(=O)NC(=O)N2C. The third-order valence-corrected chi connectivity index (χ3v) is 7.43. The Labute approximate surface area is 201 Å². The Morgan fingerprint density at radius 2 is 1.58 bits per heavy atom. The molecule has 182 valence electrons. The molecule has 0 radical (unpaired) electrons. The number of nitrogens with zero attached hydrogens (tertiary/aromatic N) is 3. The lowest BCUT2D eigenvalue weighted by Gasteiger charge is -2.36. The minimum absolute atomic E-state index is 0.257. The number of thioether (sulfide) groups is 1. The van der Waals surface area contributed by atoms with Crippen LogP contribution in [0.5, 0.6) is 0 Å². The van der Waals surface area contributed by atoms with Crippen molar-refractivity contribution in [3.05, 3.63) is 35.6 Å². The van der Waals surface area contributed by atoms with Gasteiger partial charge < -0.3 is 9.80 Å². The van der Waals surface area contributed by atoms with Crippen LogP contribution < -0.4 is 5.32 Å². The van der Waals surface area contributed by atoms with E-state index in [1.54, 1.807) is 19.2 Å². The number of amidine groups is 1. The van der Waals surface area contributed by atoms with Gasteiger partial charge in [0.15, 0.2) is 17.4 Å². The molecular weight excluding hydrogens is 439 g/mol. The molecule has 2 atom stereocenters. The number of rotatable bonds is 13. The fourth-order valence-electron chi connectivity index (χ4n) is 4.35. The minimum atomic E-state index is -0.495. The van der Waals surface area contributed by atoms with Gasteiger partial charge >= 0.3 is 6.03 Å². The van der Waals surface area contributed by atoms with E-state index >= 15 is 0 Å². The van der Waals surface area contributed by atoms with E-state index in [9.17, 15) is 14.0 Å². The Balaban J connectivity index is 1.51. The number of amides is 3. The van der Waals surface area contributed by atoms with Crippen molar-refractivity contribution in [3.8, 4) is 0 Å². The monoisotopic (exact) mass is 476 g/mol. The van der Waals surface area contributed by atoms with Crippen LogP contribution in [0.2, 0.25) is 0 Å². The van der Waals surface area contributed by atoms with Gasteiger partial charge in [0.05, 0.1) is 0 Å². The topological polar surface area (TPSA) is 65.0 Å². The molecule has 0 aromatic heterocycles. The van der Waals surface area contributed by atoms with Crippen LogP contribution in [0.1, 0.15) is 76.7 Å². The highest BCUT2D eigenvalue weighted by molar-refractivity contribution is 8.13. The first-order chi connectivity index (χ1) is 16.0. The van der Waals surface area contributed by atoms with Crippen LogP contribution in [0.3, 0.4) is 0 Å². The first kappa shape index (κ1) is 25.5. The number of imide groups is 1. The Bertz CT molecular complexity index is 817. The zero-order valence-electron chi connectivity index (χ0n) is 19.9. The number of carbonyl (C=O) groups excluding carboxylic acids is 2. The van der Waals surface area contributed by atoms with Gasteiger partial charge in [0, 0.05) is 19.3 Å². The van der Waals surface area contributed by atoms with Gasteiger partial charge in [-0.15, -0.1) is 0 Å². The second-order valence-corrected chi connectivity index (χ2v) is 9.91. The van der Waals surface area contributed by atoms with Crippen molar-refractivity contribution in [1.29, 1.82) is 0 Å². The first-order valence-corrected chi connectivity index (χ1v) is 13.3. The number of fused-ring (bicyclic) bond motifs is 1. The number of halogens is 1. The van der Waals surface area contributed by atoms with E-state index in [4.69, 9.17) is 4.99 Å². The minimum Gasteiger partial charge on any atom is -0.336 e. The van der Waals surface area contributed by atoms with E-state index in [1.165, 1.54) is 80.2 Å². The maximum Gasteiger partial charge on any atom is 0.325 e. The lowest BCUT2D eigenvalue weighted by atomic mass is 10.1. The number of unbranched alkanes of at least 4 members (excludes halogenated alkanes) is 9. The van der Waals surface area contributed by atoms with Crippen LogP contribution in [0.15, 0.2) is 29.3 Å². The number of benzene rings is 1. The van der Waals surface area contributed by atoms with Crippen LogP contribution >= 0.6 is 11.8 Å². The smallest absolute Gasteiger partial charge is 0.325 e. The number of urea groups is 1. The zero-order chi connectivity index (χ0) is 23.6. The molecule has 8 heteroatoms. The zero-order valence-corrected chi connectivity index (χ0v) is 20.7. The molecule has 2 heterocycles. The van der Waals surface area contributed by atoms with Crippen molar-refractivity contribution in [2.24, 2.45) is 4.99 Å². The van der Waals surface area contributed by atoms with Gasteiger partial charge in [-0.1, -0.05) is 88.6 Å². The Morgan fingerprint density at radius 3 is 2.21 bits per heavy atom. The van der Waals surface area contributed by atoms with Gasteiger partial charge in [-0.05, 0) is 24.1 Å². The molecule has 1 saturated heterocycles. The van der Waals surface area contributed by atoms with Gasteiger partial charge in [0.25, 0.3) is 5.91 Å². The number of nitrogens with one attached hydrogen (secondary N) is 1. The molecule has 0 spiro atoms. The molecule has 0 aliphatic carbocycles. The number of hydrogen-bond acceptors (Lipinski definition) is 5. The van der Waals surface area contributed by atoms with Crippen molar-refractivity contribution in [2.45, 2.75) is 89.1 Å². The van der Waals surface area contributed by atoms with Crippen LogP contribution in [0, 0.1) is 5.82 Å². The van der Waals surface area contributed by atoms with E-state index in [1.807, 2.05) is 0 Å². The highest BCUT2D eigenvalue weighted by Crippen LogP contribution is 2.30. The average molecular weight is 477 g/mol. The van der Waals surface area contributed by atoms with Crippen molar-refractivity contribution in [2.75, 3.05) is 13.6 Å². The molecule has 3 rings (SSSR count). The molecule has 1 aromatic rings. The molecule has 2 aliphatic heterocycles. The molecule has 0 bridgehead atoms. The summed E-state index contributed by atoms with van der Waals surface area (Å²) in [5.41, 5.74) is 0.992. The fourth-order valence-corrected chi connectivity index (χ4v) is 5.40. The third-order valence-electron chi connectivity index (χ3n) is 6.36. The summed E-state index contributed by atoms with van der Waals surface area (Å²) in [6.07, 6.45) is 12.0. The second-order valence-electron chi connectivity index (χ2n) is 8.97. The predicted molar refractivity (Wildman–Crippen MR) is 133 cm³/mol. The third kappa shape index (κ3) is 7.19. The Morgan fingerprint density at radius 1 is 0.970 bits per heavy atom. The summed E-state index contributed by atoms with van der Waals surface area (Å²) in [6, 6.07) is 5.54. The number of hydrogen-bond donors (Lipinski definition) is 1. The quantitative estimate of drug-likeness (QED) is 0.380. The first-order valence-electron chi connectivity index (χ1n) is 12.3. The normalized spacial score (nSPS) is 20.2. The summed E-state index contributed by atoms with van der Waals surface area (Å²) in [7, 11) is 1.68. The maximum atomic E-state index is 13.2. The van der Waals surface area contributed by atoms with Crippen LogP contribution in [0.4, 0.5) is 9.18 Å². The predicted octanol–water partition coefficient (Wildman–Crippen LogP) is 5.53. The molecule has 2 unspecified atom stereocenters. The van der Waals surface area contributed by atoms with Crippen molar-refractivity contribution in [3.63, 3.8) is 0 Å². The fraction of sp³-hybridized carbons (Fsp3) is 0.640. The van der Waals surface area contributed by atoms with Crippen molar-refractivity contribution < 1.29 is 14.0 Å². The lowest BCUT2D eigenvalue weighted by molar-refractivity contribution is -0.127. The standard InChI is InChI=1S/C25H37FN4O2S/c1-3-4-5-6-7-8-9-10-11-12-17-30-21-22(29(2)24(32)28-23(21)31)27-25(30)33-18-19-13-15-20(26)16-14-19/h13-16,21-22H,3-12,17-18H2,1-2H3,(H,28,31,32). The second kappa shape index (κ2) is 13.0. The average Bonchev–Trinajstić information content (AvgIpc) is 3.17. The number of aliphatic imine (C=N–C) groups is 1. The van der Waals surface area contributed by atoms with E-state index in [0.717, 1.165) is 30.1 Å². The highest BCUT2D eigenvalue weighted by Gasteiger charge is 2.48. The summed E-state index contributed by atoms with van der Waals surface area (Å²) < 4.78 is 13.2. The summed E-state index contributed by atoms with van der Waals surface area (Å²) in [6.45, 7) is 2.98. The van der Waals surface area contributed by atoms with Gasteiger partial charge in [0.1, 0.15) is 5.82 Å². The summed E-state index contributed by atoms with van der Waals surface area (Å²) in [5.74, 6) is 0.0931. The molecule has 33 heavy (non-hydrogen) atoms. The summed E-state index contributed by atoms with van der Waals surface area (Å²) in [5, 5.41) is 3.23. The molecule has 2 aliphatic rings. The molecule has 3 amide bonds. The Hall–Kier alpha value is -2.09. The molecule has 1 aromatic carbocycles. The van der Waals surface area contributed by atoms with Crippen molar-refractivity contribution in [1.82, 2.24) is 15.1 Å². The summed E-state index contributed by atoms with van der Waals surface area (Å²) >= 11 is 1.54. The maximum absolute atomic E-state index is 13.2. The largest absolute Gasteiger partial charge is 0.336 e. The van der Waals surface area contributed by atoms with Gasteiger partial charge in [-0.3, -0.25) is 10.1 Å². The molecule has 1 N–H and O–H groups in total. The molecule has 6 nitrogen and oxygen atoms in total. The van der Waals surface area contributed by atoms with Crippen LogP contribution in [-0.4, -0.2) is 52.7 Å². The molecular formula is C25H37FN4O2S. The van der Waals surface area contributed by atoms with E-state index in [-0.39, 0.29) is 11.7 Å². The van der Waals surface area contributed by atoms with Crippen LogP contribution in [-0.2, 0) is 10.5 Å². The van der Waals surface area contributed by atoms with Gasteiger partial charge in [-0.2, -0.15) is 0 Å². The van der Waals surface area contributed by atoms with Crippen LogP contribution in [0.25, 0.3) is 0 Å². The molecule has 0 saturated carbocycles. The van der Waals surface area contributed by atoms with E-state index in [0.29, 0.717) is 5.75 Å². The Kier molecular flexibility index (Phi) is 10.0. The summed E-state index contributed by atoms with van der Waals surface area (Å²) in [4.78, 5) is 33.0. The van der Waals surface area contributed by atoms with Gasteiger partial charge in [0.2, 0.25) is 0 Å². The lowest BCUT2D eigenvalue weighted by Crippen LogP contribution is -2.63. The highest BCUT2D eigenvalue weighted by atomic mass is 32.2. The van der Waals surface area contributed by atoms with E-state index < -0.39 is 18.2 Å². The number of carbonyl (C=O) groups is 2. The van der Waals surface area contributed by atoms with E-state index in [2.05, 4.69) is 17.1 Å². The van der Waals surface area contributed by atoms with Gasteiger partial charge in [-0.25, -0.2) is 14.2 Å². The van der Waals surface area contributed by atoms with Crippen molar-refractivity contribution >= 4 is 28.9 Å².